The topological polar surface area (TPSA) is 17.1 Å². The van der Waals surface area contributed by atoms with Crippen LogP contribution < -0.4 is 0 Å². The van der Waals surface area contributed by atoms with E-state index in [1.807, 2.05) is 0 Å². The summed E-state index contributed by atoms with van der Waals surface area (Å²) >= 11 is -2.01. The van der Waals surface area contributed by atoms with Crippen LogP contribution in [0.15, 0.2) is 42.5 Å². The zero-order valence-corrected chi connectivity index (χ0v) is 21.7. The Labute approximate surface area is 179 Å². The molecule has 1 aromatic rings. The first-order valence-corrected chi connectivity index (χ1v) is 19.9. The summed E-state index contributed by atoms with van der Waals surface area (Å²) in [5.41, 5.74) is 1.31. The number of unbranched alkanes of at least 4 members (excludes halogenated alkanes) is 3. The van der Waals surface area contributed by atoms with Gasteiger partial charge in [-0.15, -0.1) is 0 Å². The Morgan fingerprint density at radius 3 is 1.93 bits per heavy atom. The second-order valence-corrected chi connectivity index (χ2v) is 22.6. The van der Waals surface area contributed by atoms with Gasteiger partial charge in [-0.25, -0.2) is 0 Å². The first-order valence-electron chi connectivity index (χ1n) is 11.8. The van der Waals surface area contributed by atoms with Crippen LogP contribution in [0, 0.1) is 0 Å². The van der Waals surface area contributed by atoms with Crippen LogP contribution in [0.5, 0.6) is 0 Å². The van der Waals surface area contributed by atoms with E-state index in [9.17, 15) is 4.79 Å². The van der Waals surface area contributed by atoms with Crippen molar-refractivity contribution < 1.29 is 4.79 Å². The molecule has 0 saturated heterocycles. The van der Waals surface area contributed by atoms with Crippen molar-refractivity contribution in [3.05, 3.63) is 48.0 Å². The van der Waals surface area contributed by atoms with E-state index in [0.29, 0.717) is 12.3 Å². The average Bonchev–Trinajstić information content (AvgIpc) is 2.74. The van der Waals surface area contributed by atoms with Crippen molar-refractivity contribution in [3.8, 4) is 0 Å². The van der Waals surface area contributed by atoms with Crippen molar-refractivity contribution in [1.29, 1.82) is 0 Å². The third kappa shape index (κ3) is 10.3. The predicted octanol–water partition coefficient (Wildman–Crippen LogP) is 8.54. The zero-order valence-electron chi connectivity index (χ0n) is 18.8. The molecule has 0 aliphatic heterocycles. The van der Waals surface area contributed by atoms with Crippen molar-refractivity contribution >= 4 is 24.7 Å². The van der Waals surface area contributed by atoms with Crippen LogP contribution in [0.25, 0.3) is 0 Å². The molecule has 0 fully saturated rings. The van der Waals surface area contributed by atoms with Gasteiger partial charge in [-0.2, -0.15) is 0 Å². The second-order valence-electron chi connectivity index (χ2n) is 8.57. The second kappa shape index (κ2) is 16.3. The number of hydrogen-bond acceptors (Lipinski definition) is 1. The van der Waals surface area contributed by atoms with Crippen molar-refractivity contribution in [2.75, 3.05) is 0 Å². The molecule has 0 amide bonds. The third-order valence-electron chi connectivity index (χ3n) is 6.23. The van der Waals surface area contributed by atoms with E-state index in [1.165, 1.54) is 48.5 Å². The van der Waals surface area contributed by atoms with Gasteiger partial charge in [0.15, 0.2) is 0 Å². The number of rotatable bonds is 17. The monoisotopic (exact) mass is 492 g/mol. The Morgan fingerprint density at radius 2 is 1.43 bits per heavy atom. The van der Waals surface area contributed by atoms with E-state index in [1.54, 1.807) is 13.3 Å². The maximum absolute atomic E-state index is 11.1. The van der Waals surface area contributed by atoms with Gasteiger partial charge in [-0.3, -0.25) is 0 Å². The summed E-state index contributed by atoms with van der Waals surface area (Å²) in [6.45, 7) is 7.05. The molecule has 28 heavy (non-hydrogen) atoms. The van der Waals surface area contributed by atoms with Gasteiger partial charge in [0.25, 0.3) is 0 Å². The summed E-state index contributed by atoms with van der Waals surface area (Å²) in [5, 5.41) is 0. The van der Waals surface area contributed by atoms with Crippen molar-refractivity contribution in [2.24, 2.45) is 0 Å². The summed E-state index contributed by atoms with van der Waals surface area (Å²) < 4.78 is 6.21. The third-order valence-corrected chi connectivity index (χ3v) is 21.5. The summed E-state index contributed by atoms with van der Waals surface area (Å²) in [7, 11) is 0. The molecule has 0 heterocycles. The SMILES string of the molecule is CCC[CH2][Sn]([CH2]/C=C/CCC(CC=O)c1ccccc1)([CH2]CCC)[CH2]CCC. The van der Waals surface area contributed by atoms with E-state index < -0.39 is 18.4 Å². The molecule has 0 spiro atoms. The summed E-state index contributed by atoms with van der Waals surface area (Å²) in [6.07, 6.45) is 17.3. The molecule has 0 bridgehead atoms. The minimum absolute atomic E-state index is 0.372. The van der Waals surface area contributed by atoms with E-state index in [2.05, 4.69) is 63.3 Å². The van der Waals surface area contributed by atoms with E-state index in [0.717, 1.165) is 19.1 Å². The van der Waals surface area contributed by atoms with E-state index in [4.69, 9.17) is 0 Å². The Morgan fingerprint density at radius 1 is 0.857 bits per heavy atom. The molecule has 1 rings (SSSR count). The van der Waals surface area contributed by atoms with Gasteiger partial charge in [-0.1, -0.05) is 0 Å². The molecule has 0 aliphatic carbocycles. The van der Waals surface area contributed by atoms with Crippen LogP contribution in [0.3, 0.4) is 0 Å². The fraction of sp³-hybridized carbons (Fsp3) is 0.654. The molecule has 1 nitrogen and oxygen atoms in total. The van der Waals surface area contributed by atoms with Gasteiger partial charge in [0.2, 0.25) is 0 Å². The molecule has 0 aromatic heterocycles. The molecule has 0 aliphatic rings. The molecule has 0 radical (unpaired) electrons. The van der Waals surface area contributed by atoms with Crippen LogP contribution in [0.4, 0.5) is 0 Å². The van der Waals surface area contributed by atoms with E-state index in [-0.39, 0.29) is 0 Å². The van der Waals surface area contributed by atoms with Crippen LogP contribution in [0.2, 0.25) is 17.7 Å². The van der Waals surface area contributed by atoms with Crippen LogP contribution >= 0.6 is 0 Å². The Hall–Kier alpha value is -0.571. The van der Waals surface area contributed by atoms with Gasteiger partial charge in [0.1, 0.15) is 0 Å². The molecule has 1 unspecified atom stereocenters. The summed E-state index contributed by atoms with van der Waals surface area (Å²) in [5.74, 6) is 0.372. The minimum atomic E-state index is -2.01. The Bertz CT molecular complexity index is 501. The molecule has 1 aromatic carbocycles. The number of aldehydes is 1. The maximum atomic E-state index is 11.1. The van der Waals surface area contributed by atoms with Gasteiger partial charge in [0.05, 0.1) is 0 Å². The van der Waals surface area contributed by atoms with Crippen molar-refractivity contribution in [2.45, 2.75) is 102 Å². The van der Waals surface area contributed by atoms with Gasteiger partial charge >= 0.3 is 180 Å². The normalized spacial score (nSPS) is 13.1. The quantitative estimate of drug-likeness (QED) is 0.121. The molecule has 158 valence electrons. The van der Waals surface area contributed by atoms with Gasteiger partial charge < -0.3 is 0 Å². The van der Waals surface area contributed by atoms with Crippen molar-refractivity contribution in [1.82, 2.24) is 0 Å². The zero-order chi connectivity index (χ0) is 20.5. The number of allylic oxidation sites excluding steroid dienone is 2. The van der Waals surface area contributed by atoms with Gasteiger partial charge in [0, 0.05) is 0 Å². The number of hydrogen-bond donors (Lipinski definition) is 0. The van der Waals surface area contributed by atoms with Crippen LogP contribution in [-0.2, 0) is 4.79 Å². The summed E-state index contributed by atoms with van der Waals surface area (Å²) in [6, 6.07) is 10.6. The van der Waals surface area contributed by atoms with E-state index >= 15 is 0 Å². The van der Waals surface area contributed by atoms with Crippen LogP contribution in [-0.4, -0.2) is 24.7 Å². The molecule has 2 heteroatoms. The Balaban J connectivity index is 2.64. The molecular weight excluding hydrogens is 447 g/mol. The number of carbonyl (C=O) groups excluding carboxylic acids is 1. The summed E-state index contributed by atoms with van der Waals surface area (Å²) in [4.78, 5) is 11.1. The molecule has 1 atom stereocenters. The predicted molar refractivity (Wildman–Crippen MR) is 128 cm³/mol. The first-order chi connectivity index (χ1) is 13.7. The fourth-order valence-electron chi connectivity index (χ4n) is 4.35. The standard InChI is InChI=1S/C14H17O.3C4H9.Sn/c1-2-3-5-8-14(11-12-15)13-9-6-4-7-10-13;3*1-3-4-2;/h2-4,6-7,9-10,12,14H,1,5,8,11H2;3*1,3-4H2,2H3;/b3-2+;;;;. The molecule has 0 N–H and O–H groups in total. The molecular formula is C26H44OSn. The first kappa shape index (κ1) is 25.5. The number of benzene rings is 1. The average molecular weight is 491 g/mol. The Kier molecular flexibility index (Phi) is 14.8. The number of carbonyl (C=O) groups is 1. The van der Waals surface area contributed by atoms with Crippen LogP contribution in [0.1, 0.15) is 90.0 Å². The molecule has 0 saturated carbocycles. The van der Waals surface area contributed by atoms with Crippen molar-refractivity contribution in [3.63, 3.8) is 0 Å². The fourth-order valence-corrected chi connectivity index (χ4v) is 19.6. The van der Waals surface area contributed by atoms with Gasteiger partial charge in [-0.05, 0) is 0 Å².